The van der Waals surface area contributed by atoms with Crippen LogP contribution in [0.4, 0.5) is 0 Å². The Balaban J connectivity index is 1.89. The molecule has 2 saturated heterocycles. The molecule has 6 heteroatoms. The molecule has 2 N–H and O–H groups in total. The lowest BCUT2D eigenvalue weighted by Crippen LogP contribution is -2.61. The monoisotopic (exact) mass is 448 g/mol. The summed E-state index contributed by atoms with van der Waals surface area (Å²) in [7, 11) is 0. The van der Waals surface area contributed by atoms with Crippen molar-refractivity contribution >= 4 is 0 Å². The van der Waals surface area contributed by atoms with E-state index in [1.54, 1.807) is 0 Å². The lowest BCUT2D eigenvalue weighted by atomic mass is 9.80. The van der Waals surface area contributed by atoms with E-state index in [0.717, 1.165) is 48.3 Å². The second-order valence-electron chi connectivity index (χ2n) is 12.5. The topological polar surface area (TPSA) is 65.4 Å². The molecule has 0 aliphatic carbocycles. The lowest BCUT2D eigenvalue weighted by Gasteiger charge is -2.51. The van der Waals surface area contributed by atoms with Crippen molar-refractivity contribution in [1.29, 1.82) is 0 Å². The summed E-state index contributed by atoms with van der Waals surface area (Å²) in [5.74, 6) is 1.60. The van der Waals surface area contributed by atoms with Crippen LogP contribution in [-0.4, -0.2) is 54.9 Å². The van der Waals surface area contributed by atoms with Gasteiger partial charge < -0.3 is 19.9 Å². The molecule has 0 amide bonds. The van der Waals surface area contributed by atoms with E-state index < -0.39 is 0 Å². The second-order valence-corrected chi connectivity index (χ2v) is 12.5. The average molecular weight is 449 g/mol. The first-order valence-electron chi connectivity index (χ1n) is 11.9. The van der Waals surface area contributed by atoms with Crippen molar-refractivity contribution in [2.45, 2.75) is 129 Å². The number of aryl methyl sites for hydroxylation is 2. The van der Waals surface area contributed by atoms with E-state index >= 15 is 0 Å². The number of ether oxygens (including phenoxy) is 2. The Morgan fingerprint density at radius 3 is 1.12 bits per heavy atom. The van der Waals surface area contributed by atoms with Gasteiger partial charge in [0.1, 0.15) is 12.2 Å². The van der Waals surface area contributed by atoms with Gasteiger partial charge in [0, 0.05) is 47.8 Å². The molecule has 1 aromatic carbocycles. The third kappa shape index (κ3) is 4.79. The summed E-state index contributed by atoms with van der Waals surface area (Å²) in [6, 6.07) is 4.17. The van der Waals surface area contributed by atoms with E-state index in [-0.39, 0.29) is 34.4 Å². The fourth-order valence-electron chi connectivity index (χ4n) is 5.91. The minimum absolute atomic E-state index is 0.0292. The van der Waals surface area contributed by atoms with Crippen molar-refractivity contribution in [2.75, 3.05) is 0 Å². The van der Waals surface area contributed by atoms with Crippen LogP contribution in [0.3, 0.4) is 0 Å². The zero-order valence-electron chi connectivity index (χ0n) is 21.7. The van der Waals surface area contributed by atoms with Crippen LogP contribution in [0.2, 0.25) is 0 Å². The highest BCUT2D eigenvalue weighted by Gasteiger charge is 2.47. The minimum Gasteiger partial charge on any atom is -0.486 e. The van der Waals surface area contributed by atoms with Gasteiger partial charge in [0.15, 0.2) is 11.5 Å². The highest BCUT2D eigenvalue weighted by molar-refractivity contribution is 5.51. The SMILES string of the molecule is Cc1ccc(C)c(OC2CC(C)(C)N(O)C(C)(C)C2)c1OC1CC(C)(C)N(O)C(C)(C)C1. The predicted molar refractivity (Wildman–Crippen MR) is 127 cm³/mol. The first kappa shape index (κ1) is 25.3. The second kappa shape index (κ2) is 8.15. The molecule has 2 aliphatic heterocycles. The Kier molecular flexibility index (Phi) is 6.44. The maximum absolute atomic E-state index is 10.7. The van der Waals surface area contributed by atoms with Crippen LogP contribution in [0.5, 0.6) is 11.5 Å². The van der Waals surface area contributed by atoms with E-state index in [9.17, 15) is 10.4 Å². The quantitative estimate of drug-likeness (QED) is 0.599. The number of hydrogen-bond acceptors (Lipinski definition) is 6. The molecular weight excluding hydrogens is 404 g/mol. The lowest BCUT2D eigenvalue weighted by molar-refractivity contribution is -0.256. The molecule has 1 aromatic rings. The van der Waals surface area contributed by atoms with Crippen molar-refractivity contribution < 1.29 is 19.9 Å². The summed E-state index contributed by atoms with van der Waals surface area (Å²) >= 11 is 0. The number of benzene rings is 1. The Morgan fingerprint density at radius 1 is 0.625 bits per heavy atom. The standard InChI is InChI=1S/C26H44N2O4/c1-17-11-12-18(2)22(32-20-15-25(7,8)28(30)26(9,10)16-20)21(17)31-19-13-23(3,4)27(29)24(5,6)14-19/h11-12,19-20,29-30H,13-16H2,1-10H3. The van der Waals surface area contributed by atoms with Crippen LogP contribution in [0.1, 0.15) is 92.2 Å². The van der Waals surface area contributed by atoms with Crippen molar-refractivity contribution in [1.82, 2.24) is 10.1 Å². The zero-order chi connectivity index (χ0) is 24.3. The summed E-state index contributed by atoms with van der Waals surface area (Å²) in [5, 5.41) is 24.3. The first-order valence-corrected chi connectivity index (χ1v) is 11.9. The van der Waals surface area contributed by atoms with Crippen LogP contribution < -0.4 is 9.47 Å². The third-order valence-corrected chi connectivity index (χ3v) is 7.28. The van der Waals surface area contributed by atoms with Gasteiger partial charge in [0.05, 0.1) is 0 Å². The smallest absolute Gasteiger partial charge is 0.164 e. The molecule has 0 aromatic heterocycles. The van der Waals surface area contributed by atoms with Crippen molar-refractivity contribution in [3.63, 3.8) is 0 Å². The Labute approximate surface area is 194 Å². The summed E-state index contributed by atoms with van der Waals surface area (Å²) < 4.78 is 13.3. The number of hydroxylamine groups is 4. The fraction of sp³-hybridized carbons (Fsp3) is 0.769. The third-order valence-electron chi connectivity index (χ3n) is 7.28. The number of nitrogens with zero attached hydrogens (tertiary/aromatic N) is 2. The van der Waals surface area contributed by atoms with Crippen LogP contribution in [0, 0.1) is 13.8 Å². The highest BCUT2D eigenvalue weighted by atomic mass is 16.5. The molecule has 0 unspecified atom stereocenters. The molecular formula is C26H44N2O4. The van der Waals surface area contributed by atoms with Crippen LogP contribution in [-0.2, 0) is 0 Å². The molecule has 2 fully saturated rings. The zero-order valence-corrected chi connectivity index (χ0v) is 21.7. The number of rotatable bonds is 4. The molecule has 2 aliphatic rings. The van der Waals surface area contributed by atoms with Gasteiger partial charge in [0.2, 0.25) is 0 Å². The summed E-state index contributed by atoms with van der Waals surface area (Å²) in [5.41, 5.74) is 0.567. The molecule has 182 valence electrons. The molecule has 0 radical (unpaired) electrons. The van der Waals surface area contributed by atoms with E-state index in [4.69, 9.17) is 9.47 Å². The Bertz CT molecular complexity index is 741. The fourth-order valence-corrected chi connectivity index (χ4v) is 5.91. The van der Waals surface area contributed by atoms with E-state index in [1.807, 2.05) is 0 Å². The molecule has 2 heterocycles. The number of hydrogen-bond donors (Lipinski definition) is 2. The van der Waals surface area contributed by atoms with E-state index in [1.165, 1.54) is 10.1 Å². The normalized spacial score (nSPS) is 26.1. The molecule has 0 spiro atoms. The summed E-state index contributed by atoms with van der Waals surface area (Å²) in [6.45, 7) is 20.5. The summed E-state index contributed by atoms with van der Waals surface area (Å²) in [6.07, 6.45) is 2.84. The van der Waals surface area contributed by atoms with Gasteiger partial charge in [-0.3, -0.25) is 0 Å². The average Bonchev–Trinajstić information content (AvgIpc) is 2.62. The van der Waals surface area contributed by atoms with Gasteiger partial charge in [0.25, 0.3) is 0 Å². The van der Waals surface area contributed by atoms with Gasteiger partial charge in [-0.2, -0.15) is 10.1 Å². The maximum Gasteiger partial charge on any atom is 0.164 e. The van der Waals surface area contributed by atoms with E-state index in [2.05, 4.69) is 81.4 Å². The van der Waals surface area contributed by atoms with Gasteiger partial charge in [-0.05, 0) is 80.4 Å². The van der Waals surface area contributed by atoms with Crippen LogP contribution in [0.15, 0.2) is 12.1 Å². The largest absolute Gasteiger partial charge is 0.486 e. The molecule has 6 nitrogen and oxygen atoms in total. The van der Waals surface area contributed by atoms with Gasteiger partial charge >= 0.3 is 0 Å². The van der Waals surface area contributed by atoms with Crippen molar-refractivity contribution in [3.05, 3.63) is 23.3 Å². The van der Waals surface area contributed by atoms with Crippen molar-refractivity contribution in [2.24, 2.45) is 0 Å². The molecule has 3 rings (SSSR count). The minimum atomic E-state index is -0.382. The first-order chi connectivity index (χ1) is 14.5. The van der Waals surface area contributed by atoms with Gasteiger partial charge in [-0.25, -0.2) is 0 Å². The summed E-state index contributed by atoms with van der Waals surface area (Å²) in [4.78, 5) is 0. The molecule has 0 bridgehead atoms. The predicted octanol–water partition coefficient (Wildman–Crippen LogP) is 5.88. The maximum atomic E-state index is 10.7. The van der Waals surface area contributed by atoms with Gasteiger partial charge in [-0.1, -0.05) is 12.1 Å². The number of piperidine rings is 2. The van der Waals surface area contributed by atoms with E-state index in [0.29, 0.717) is 0 Å². The molecule has 0 saturated carbocycles. The molecule has 32 heavy (non-hydrogen) atoms. The Morgan fingerprint density at radius 2 is 0.875 bits per heavy atom. The van der Waals surface area contributed by atoms with Crippen LogP contribution in [0.25, 0.3) is 0 Å². The van der Waals surface area contributed by atoms with Crippen molar-refractivity contribution in [3.8, 4) is 11.5 Å². The van der Waals surface area contributed by atoms with Crippen LogP contribution >= 0.6 is 0 Å². The van der Waals surface area contributed by atoms with Gasteiger partial charge in [-0.15, -0.1) is 0 Å². The molecule has 0 atom stereocenters. The Hall–Kier alpha value is -1.34. The highest BCUT2D eigenvalue weighted by Crippen LogP contribution is 2.44.